The summed E-state index contributed by atoms with van der Waals surface area (Å²) in [7, 11) is 1.65. The van der Waals surface area contributed by atoms with Crippen LogP contribution < -0.4 is 9.64 Å². The van der Waals surface area contributed by atoms with Gasteiger partial charge in [0.15, 0.2) is 0 Å². The van der Waals surface area contributed by atoms with Gasteiger partial charge in [0.1, 0.15) is 11.6 Å². The molecule has 0 N–H and O–H groups in total. The van der Waals surface area contributed by atoms with Crippen LogP contribution in [0.25, 0.3) is 0 Å². The molecule has 1 aliphatic heterocycles. The van der Waals surface area contributed by atoms with E-state index >= 15 is 0 Å². The highest BCUT2D eigenvalue weighted by Gasteiger charge is 2.22. The fourth-order valence-corrected chi connectivity index (χ4v) is 3.83. The Balaban J connectivity index is 1.43. The van der Waals surface area contributed by atoms with Gasteiger partial charge in [-0.1, -0.05) is 12.1 Å². The first-order valence-corrected chi connectivity index (χ1v) is 9.70. The van der Waals surface area contributed by atoms with Crippen molar-refractivity contribution in [3.8, 4) is 5.75 Å². The average molecular weight is 374 g/mol. The van der Waals surface area contributed by atoms with Crippen LogP contribution in [-0.4, -0.2) is 49.8 Å². The standard InChI is InChI=1S/C20H23FN2O2S/c1-25-16-6-8-17(9-7-16)26-15-10-20(24)23-13-11-22(12-14-23)19-5-3-2-4-18(19)21/h2-9H,10-15H2,1H3. The molecule has 26 heavy (non-hydrogen) atoms. The van der Waals surface area contributed by atoms with Crippen LogP contribution in [0.3, 0.4) is 0 Å². The molecule has 0 aliphatic carbocycles. The lowest BCUT2D eigenvalue weighted by molar-refractivity contribution is -0.131. The van der Waals surface area contributed by atoms with Crippen molar-refractivity contribution < 1.29 is 13.9 Å². The number of hydrogen-bond acceptors (Lipinski definition) is 4. The van der Waals surface area contributed by atoms with E-state index in [-0.39, 0.29) is 11.7 Å². The van der Waals surface area contributed by atoms with Crippen molar-refractivity contribution in [1.29, 1.82) is 0 Å². The van der Waals surface area contributed by atoms with E-state index in [0.717, 1.165) is 16.4 Å². The van der Waals surface area contributed by atoms with Crippen molar-refractivity contribution in [2.75, 3.05) is 43.9 Å². The molecule has 0 saturated carbocycles. The van der Waals surface area contributed by atoms with Gasteiger partial charge in [0.25, 0.3) is 0 Å². The molecule has 1 fully saturated rings. The number of para-hydroxylation sites is 1. The normalized spacial score (nSPS) is 14.4. The lowest BCUT2D eigenvalue weighted by Crippen LogP contribution is -2.49. The van der Waals surface area contributed by atoms with Gasteiger partial charge in [-0.05, 0) is 36.4 Å². The molecule has 1 heterocycles. The number of carbonyl (C=O) groups is 1. The number of hydrogen-bond donors (Lipinski definition) is 0. The molecule has 0 spiro atoms. The van der Waals surface area contributed by atoms with Crippen molar-refractivity contribution in [3.05, 3.63) is 54.3 Å². The Labute approximate surface area is 157 Å². The Morgan fingerprint density at radius 3 is 2.42 bits per heavy atom. The van der Waals surface area contributed by atoms with Gasteiger partial charge in [0.2, 0.25) is 5.91 Å². The monoisotopic (exact) mass is 374 g/mol. The van der Waals surface area contributed by atoms with Gasteiger partial charge in [0, 0.05) is 43.2 Å². The van der Waals surface area contributed by atoms with E-state index in [0.29, 0.717) is 38.3 Å². The third-order valence-electron chi connectivity index (χ3n) is 4.47. The van der Waals surface area contributed by atoms with E-state index in [4.69, 9.17) is 4.74 Å². The molecule has 1 amide bonds. The number of rotatable bonds is 6. The highest BCUT2D eigenvalue weighted by molar-refractivity contribution is 7.99. The summed E-state index contributed by atoms with van der Waals surface area (Å²) in [5, 5.41) is 0. The average Bonchev–Trinajstić information content (AvgIpc) is 2.69. The molecule has 1 aliphatic rings. The first-order valence-electron chi connectivity index (χ1n) is 8.71. The zero-order valence-electron chi connectivity index (χ0n) is 14.9. The van der Waals surface area contributed by atoms with E-state index in [1.54, 1.807) is 31.0 Å². The first-order chi connectivity index (χ1) is 12.7. The predicted octanol–water partition coefficient (Wildman–Crippen LogP) is 3.67. The fraction of sp³-hybridized carbons (Fsp3) is 0.350. The van der Waals surface area contributed by atoms with E-state index in [1.807, 2.05) is 40.1 Å². The topological polar surface area (TPSA) is 32.8 Å². The highest BCUT2D eigenvalue weighted by atomic mass is 32.2. The summed E-state index contributed by atoms with van der Waals surface area (Å²) in [5.41, 5.74) is 0.620. The summed E-state index contributed by atoms with van der Waals surface area (Å²) in [6.45, 7) is 2.61. The van der Waals surface area contributed by atoms with Crippen LogP contribution in [0.2, 0.25) is 0 Å². The summed E-state index contributed by atoms with van der Waals surface area (Å²) in [5.74, 6) is 1.54. The smallest absolute Gasteiger partial charge is 0.223 e. The summed E-state index contributed by atoms with van der Waals surface area (Å²) >= 11 is 1.67. The van der Waals surface area contributed by atoms with E-state index in [9.17, 15) is 9.18 Å². The molecule has 2 aromatic carbocycles. The van der Waals surface area contributed by atoms with Crippen LogP contribution in [0.5, 0.6) is 5.75 Å². The molecule has 1 saturated heterocycles. The molecule has 6 heteroatoms. The Morgan fingerprint density at radius 2 is 1.77 bits per heavy atom. The zero-order chi connectivity index (χ0) is 18.4. The van der Waals surface area contributed by atoms with Gasteiger partial charge >= 0.3 is 0 Å². The largest absolute Gasteiger partial charge is 0.497 e. The van der Waals surface area contributed by atoms with Crippen LogP contribution >= 0.6 is 11.8 Å². The van der Waals surface area contributed by atoms with Crippen LogP contribution in [0.4, 0.5) is 10.1 Å². The number of carbonyl (C=O) groups excluding carboxylic acids is 1. The highest BCUT2D eigenvalue weighted by Crippen LogP contribution is 2.23. The van der Waals surface area contributed by atoms with Gasteiger partial charge in [0.05, 0.1) is 12.8 Å². The van der Waals surface area contributed by atoms with E-state index in [2.05, 4.69) is 0 Å². The predicted molar refractivity (Wildman–Crippen MR) is 104 cm³/mol. The number of anilines is 1. The van der Waals surface area contributed by atoms with Gasteiger partial charge in [-0.15, -0.1) is 11.8 Å². The van der Waals surface area contributed by atoms with Crippen molar-refractivity contribution >= 4 is 23.4 Å². The third-order valence-corrected chi connectivity index (χ3v) is 5.48. The summed E-state index contributed by atoms with van der Waals surface area (Å²) in [6, 6.07) is 14.6. The fourth-order valence-electron chi connectivity index (χ4n) is 2.99. The number of thioether (sulfide) groups is 1. The Kier molecular flexibility index (Phi) is 6.39. The summed E-state index contributed by atoms with van der Waals surface area (Å²) in [4.78, 5) is 17.4. The molecular formula is C20H23FN2O2S. The number of piperazine rings is 1. The van der Waals surface area contributed by atoms with Crippen LogP contribution in [0, 0.1) is 5.82 Å². The third kappa shape index (κ3) is 4.69. The maximum atomic E-state index is 13.9. The molecule has 2 aromatic rings. The number of nitrogens with zero attached hydrogens (tertiary/aromatic N) is 2. The minimum Gasteiger partial charge on any atom is -0.497 e. The van der Waals surface area contributed by atoms with Gasteiger partial charge < -0.3 is 14.5 Å². The molecule has 0 unspecified atom stereocenters. The van der Waals surface area contributed by atoms with Crippen LogP contribution in [-0.2, 0) is 4.79 Å². The summed E-state index contributed by atoms with van der Waals surface area (Å²) < 4.78 is 19.0. The number of amides is 1. The van der Waals surface area contributed by atoms with Gasteiger partial charge in [-0.25, -0.2) is 4.39 Å². The number of benzene rings is 2. The Hall–Kier alpha value is -2.21. The maximum absolute atomic E-state index is 13.9. The number of methoxy groups -OCH3 is 1. The van der Waals surface area contributed by atoms with Gasteiger partial charge in [-0.3, -0.25) is 4.79 Å². The number of ether oxygens (including phenoxy) is 1. The molecule has 4 nitrogen and oxygen atoms in total. The molecule has 0 atom stereocenters. The SMILES string of the molecule is COc1ccc(SCCC(=O)N2CCN(c3ccccc3F)CC2)cc1. The molecule has 0 aromatic heterocycles. The van der Waals surface area contributed by atoms with Crippen LogP contribution in [0.15, 0.2) is 53.4 Å². The van der Waals surface area contributed by atoms with Gasteiger partial charge in [-0.2, -0.15) is 0 Å². The number of halogens is 1. The Bertz CT molecular complexity index is 731. The van der Waals surface area contributed by atoms with Crippen LogP contribution in [0.1, 0.15) is 6.42 Å². The maximum Gasteiger partial charge on any atom is 0.223 e. The van der Waals surface area contributed by atoms with E-state index in [1.165, 1.54) is 6.07 Å². The van der Waals surface area contributed by atoms with Crippen molar-refractivity contribution in [3.63, 3.8) is 0 Å². The first kappa shape index (κ1) is 18.6. The summed E-state index contributed by atoms with van der Waals surface area (Å²) in [6.07, 6.45) is 0.510. The molecule has 3 rings (SSSR count). The lowest BCUT2D eigenvalue weighted by Gasteiger charge is -2.36. The minimum atomic E-state index is -0.205. The van der Waals surface area contributed by atoms with Crippen molar-refractivity contribution in [1.82, 2.24) is 4.90 Å². The lowest BCUT2D eigenvalue weighted by atomic mass is 10.2. The minimum absolute atomic E-state index is 0.166. The van der Waals surface area contributed by atoms with Crippen molar-refractivity contribution in [2.45, 2.75) is 11.3 Å². The second-order valence-corrected chi connectivity index (χ2v) is 7.26. The Morgan fingerprint density at radius 1 is 1.08 bits per heavy atom. The molecule has 0 radical (unpaired) electrons. The second kappa shape index (κ2) is 8.94. The second-order valence-electron chi connectivity index (χ2n) is 6.09. The quantitative estimate of drug-likeness (QED) is 0.723. The zero-order valence-corrected chi connectivity index (χ0v) is 15.7. The molecule has 138 valence electrons. The van der Waals surface area contributed by atoms with E-state index < -0.39 is 0 Å². The molecular weight excluding hydrogens is 351 g/mol. The molecule has 0 bridgehead atoms. The van der Waals surface area contributed by atoms with Crippen molar-refractivity contribution in [2.24, 2.45) is 0 Å².